The summed E-state index contributed by atoms with van der Waals surface area (Å²) in [6, 6.07) is 62.7. The Hall–Kier alpha value is -5.86. The predicted molar refractivity (Wildman–Crippen MR) is 187 cm³/mol. The fourth-order valence-corrected chi connectivity index (χ4v) is 6.24. The summed E-state index contributed by atoms with van der Waals surface area (Å²) in [6.45, 7) is 0. The summed E-state index contributed by atoms with van der Waals surface area (Å²) in [5, 5.41) is 6.21. The molecule has 44 heavy (non-hydrogen) atoms. The molecule has 208 valence electrons. The van der Waals surface area contributed by atoms with Crippen molar-refractivity contribution in [2.75, 3.05) is 5.32 Å². The lowest BCUT2D eigenvalue weighted by Gasteiger charge is -2.14. The number of nitrogens with zero attached hydrogens (tertiary/aromatic N) is 1. The van der Waals surface area contributed by atoms with Crippen LogP contribution in [-0.2, 0) is 0 Å². The highest BCUT2D eigenvalue weighted by atomic mass is 15.0. The number of nitrogens with one attached hydrogen (secondary N) is 1. The van der Waals surface area contributed by atoms with Crippen molar-refractivity contribution in [3.63, 3.8) is 0 Å². The van der Waals surface area contributed by atoms with E-state index in [-0.39, 0.29) is 0 Å². The van der Waals surface area contributed by atoms with Crippen LogP contribution >= 0.6 is 0 Å². The quantitative estimate of drug-likeness (QED) is 0.213. The van der Waals surface area contributed by atoms with E-state index in [0.29, 0.717) is 0 Å². The summed E-state index contributed by atoms with van der Waals surface area (Å²) in [5.41, 5.74) is 12.9. The third kappa shape index (κ3) is 4.73. The first-order valence-corrected chi connectivity index (χ1v) is 15.0. The van der Waals surface area contributed by atoms with E-state index in [9.17, 15) is 0 Å². The second-order valence-electron chi connectivity index (χ2n) is 11.1. The molecule has 0 saturated heterocycles. The summed E-state index contributed by atoms with van der Waals surface area (Å²) >= 11 is 0. The van der Waals surface area contributed by atoms with Gasteiger partial charge in [0.1, 0.15) is 0 Å². The van der Waals surface area contributed by atoms with E-state index in [0.717, 1.165) is 17.1 Å². The molecule has 0 atom stereocenters. The Bertz CT molecular complexity index is 2170. The molecule has 0 spiro atoms. The minimum absolute atomic E-state index is 1.06. The smallest absolute Gasteiger partial charge is 0.0541 e. The number of rotatable bonds is 6. The summed E-state index contributed by atoms with van der Waals surface area (Å²) in [4.78, 5) is 0. The van der Waals surface area contributed by atoms with Crippen molar-refractivity contribution >= 4 is 33.2 Å². The van der Waals surface area contributed by atoms with Crippen LogP contribution in [0.4, 0.5) is 11.4 Å². The van der Waals surface area contributed by atoms with E-state index in [1.807, 2.05) is 0 Å². The molecule has 0 saturated carbocycles. The van der Waals surface area contributed by atoms with Crippen LogP contribution in [0.15, 0.2) is 176 Å². The standard InChI is InChI=1S/C42H30N2/c1-2-11-30(12-3-1)31-21-23-33(24-22-31)37-15-4-7-18-40(37)43-35-27-25-32(26-28-35)34-13-10-14-36(29-34)44-41-19-8-5-16-38(41)39-17-6-9-20-42(39)44/h1-29,43H. The molecule has 1 aromatic heterocycles. The van der Waals surface area contributed by atoms with Crippen LogP contribution in [0.3, 0.4) is 0 Å². The van der Waals surface area contributed by atoms with Crippen LogP contribution in [0.2, 0.25) is 0 Å². The van der Waals surface area contributed by atoms with Crippen LogP contribution in [-0.4, -0.2) is 4.57 Å². The molecule has 0 aliphatic heterocycles. The molecule has 7 aromatic carbocycles. The van der Waals surface area contributed by atoms with E-state index in [4.69, 9.17) is 0 Å². The second kappa shape index (κ2) is 11.1. The Labute approximate surface area is 257 Å². The Balaban J connectivity index is 1.08. The molecule has 0 radical (unpaired) electrons. The molecule has 2 heteroatoms. The van der Waals surface area contributed by atoms with E-state index in [2.05, 4.69) is 186 Å². The van der Waals surface area contributed by atoms with E-state index in [1.54, 1.807) is 0 Å². The molecule has 0 bridgehead atoms. The molecule has 8 rings (SSSR count). The third-order valence-electron chi connectivity index (χ3n) is 8.41. The van der Waals surface area contributed by atoms with Crippen LogP contribution < -0.4 is 5.32 Å². The first-order chi connectivity index (χ1) is 21.8. The lowest BCUT2D eigenvalue weighted by molar-refractivity contribution is 1.18. The monoisotopic (exact) mass is 562 g/mol. The lowest BCUT2D eigenvalue weighted by Crippen LogP contribution is -1.95. The minimum Gasteiger partial charge on any atom is -0.355 e. The average Bonchev–Trinajstić information content (AvgIpc) is 3.44. The molecule has 0 amide bonds. The highest BCUT2D eigenvalue weighted by Crippen LogP contribution is 2.35. The van der Waals surface area contributed by atoms with Crippen molar-refractivity contribution < 1.29 is 0 Å². The Morgan fingerprint density at radius 1 is 0.364 bits per heavy atom. The second-order valence-corrected chi connectivity index (χ2v) is 11.1. The van der Waals surface area contributed by atoms with Crippen molar-refractivity contribution in [3.8, 4) is 39.1 Å². The predicted octanol–water partition coefficient (Wildman–Crippen LogP) is 11.5. The van der Waals surface area contributed by atoms with Crippen LogP contribution in [0.5, 0.6) is 0 Å². The molecule has 2 nitrogen and oxygen atoms in total. The van der Waals surface area contributed by atoms with Crippen molar-refractivity contribution in [2.45, 2.75) is 0 Å². The van der Waals surface area contributed by atoms with Crippen LogP contribution in [0.1, 0.15) is 0 Å². The average molecular weight is 563 g/mol. The summed E-state index contributed by atoms with van der Waals surface area (Å²) in [7, 11) is 0. The zero-order valence-corrected chi connectivity index (χ0v) is 24.2. The van der Waals surface area contributed by atoms with Gasteiger partial charge in [0.15, 0.2) is 0 Å². The van der Waals surface area contributed by atoms with Crippen molar-refractivity contribution in [1.82, 2.24) is 4.57 Å². The molecule has 1 N–H and O–H groups in total. The van der Waals surface area contributed by atoms with Crippen LogP contribution in [0, 0.1) is 0 Å². The summed E-state index contributed by atoms with van der Waals surface area (Å²) < 4.78 is 2.37. The number of hydrogen-bond acceptors (Lipinski definition) is 1. The first-order valence-electron chi connectivity index (χ1n) is 15.0. The molecular formula is C42H30N2. The van der Waals surface area contributed by atoms with Gasteiger partial charge in [-0.15, -0.1) is 0 Å². The van der Waals surface area contributed by atoms with Gasteiger partial charge in [-0.05, 0) is 70.3 Å². The number of hydrogen-bond donors (Lipinski definition) is 1. The van der Waals surface area contributed by atoms with Crippen LogP contribution in [0.25, 0.3) is 60.9 Å². The van der Waals surface area contributed by atoms with Gasteiger partial charge in [-0.25, -0.2) is 0 Å². The number of para-hydroxylation sites is 3. The SMILES string of the molecule is c1ccc(-c2ccc(-c3ccccc3Nc3ccc(-c4cccc(-n5c6ccccc6c6ccccc65)c4)cc3)cc2)cc1. The Kier molecular flexibility index (Phi) is 6.51. The summed E-state index contributed by atoms with van der Waals surface area (Å²) in [6.07, 6.45) is 0. The Morgan fingerprint density at radius 3 is 1.61 bits per heavy atom. The highest BCUT2D eigenvalue weighted by Gasteiger charge is 2.12. The van der Waals surface area contributed by atoms with Gasteiger partial charge in [0.05, 0.1) is 11.0 Å². The minimum atomic E-state index is 1.06. The third-order valence-corrected chi connectivity index (χ3v) is 8.41. The Morgan fingerprint density at radius 2 is 0.886 bits per heavy atom. The first kappa shape index (κ1) is 25.8. The number of aromatic nitrogens is 1. The zero-order valence-electron chi connectivity index (χ0n) is 24.2. The topological polar surface area (TPSA) is 17.0 Å². The van der Waals surface area contributed by atoms with Gasteiger partial charge < -0.3 is 9.88 Å². The van der Waals surface area contributed by atoms with E-state index >= 15 is 0 Å². The molecule has 0 fully saturated rings. The molecule has 0 aliphatic carbocycles. The largest absolute Gasteiger partial charge is 0.355 e. The lowest BCUT2D eigenvalue weighted by atomic mass is 9.99. The van der Waals surface area contributed by atoms with Gasteiger partial charge in [-0.1, -0.05) is 133 Å². The number of anilines is 2. The highest BCUT2D eigenvalue weighted by molar-refractivity contribution is 6.09. The maximum atomic E-state index is 3.67. The van der Waals surface area contributed by atoms with Crippen molar-refractivity contribution in [3.05, 3.63) is 176 Å². The fraction of sp³-hybridized carbons (Fsp3) is 0. The van der Waals surface area contributed by atoms with Gasteiger partial charge in [0.25, 0.3) is 0 Å². The maximum absolute atomic E-state index is 3.67. The van der Waals surface area contributed by atoms with Gasteiger partial charge in [0, 0.05) is 33.4 Å². The van der Waals surface area contributed by atoms with Gasteiger partial charge in [-0.2, -0.15) is 0 Å². The molecule has 8 aromatic rings. The van der Waals surface area contributed by atoms with E-state index < -0.39 is 0 Å². The van der Waals surface area contributed by atoms with Gasteiger partial charge >= 0.3 is 0 Å². The molecular weight excluding hydrogens is 532 g/mol. The molecule has 0 unspecified atom stereocenters. The van der Waals surface area contributed by atoms with Crippen molar-refractivity contribution in [1.29, 1.82) is 0 Å². The molecule has 0 aliphatic rings. The van der Waals surface area contributed by atoms with Gasteiger partial charge in [-0.3, -0.25) is 0 Å². The summed E-state index contributed by atoms with van der Waals surface area (Å²) in [5.74, 6) is 0. The number of fused-ring (bicyclic) bond motifs is 3. The number of benzene rings is 7. The normalized spacial score (nSPS) is 11.2. The molecule has 1 heterocycles. The van der Waals surface area contributed by atoms with E-state index in [1.165, 1.54) is 55.2 Å². The maximum Gasteiger partial charge on any atom is 0.0541 e. The van der Waals surface area contributed by atoms with Crippen molar-refractivity contribution in [2.24, 2.45) is 0 Å². The zero-order chi connectivity index (χ0) is 29.3. The fourth-order valence-electron chi connectivity index (χ4n) is 6.24. The van der Waals surface area contributed by atoms with Gasteiger partial charge in [0.2, 0.25) is 0 Å².